The van der Waals surface area contributed by atoms with Gasteiger partial charge < -0.3 is 10.1 Å². The van der Waals surface area contributed by atoms with Crippen LogP contribution < -0.4 is 15.6 Å². The first-order valence-corrected chi connectivity index (χ1v) is 13.5. The van der Waals surface area contributed by atoms with Crippen molar-refractivity contribution >= 4 is 5.91 Å². The maximum atomic E-state index is 13.8. The molecule has 1 atom stereocenters. The molecule has 0 unspecified atom stereocenters. The molecule has 1 N–H and O–H groups in total. The van der Waals surface area contributed by atoms with Crippen molar-refractivity contribution in [2.24, 2.45) is 5.41 Å². The number of nitrogens with zero attached hydrogens (tertiary/aromatic N) is 2. The second-order valence-corrected chi connectivity index (χ2v) is 11.9. The number of hydrogen-bond donors (Lipinski definition) is 1. The van der Waals surface area contributed by atoms with Gasteiger partial charge in [0.25, 0.3) is 5.56 Å². The highest BCUT2D eigenvalue weighted by molar-refractivity contribution is 5.91. The number of aromatic nitrogens is 1. The lowest BCUT2D eigenvalue weighted by molar-refractivity contribution is -0.125. The monoisotopic (exact) mass is 527 g/mol. The van der Waals surface area contributed by atoms with Crippen LogP contribution in [0.25, 0.3) is 11.3 Å². The quantitative estimate of drug-likeness (QED) is 0.383. The number of carbonyl (C=O) groups excluding carboxylic acids is 1. The molecule has 6 heteroatoms. The van der Waals surface area contributed by atoms with Gasteiger partial charge in [-0.15, -0.1) is 0 Å². The molecule has 39 heavy (non-hydrogen) atoms. The topological polar surface area (TPSA) is 84.1 Å². The summed E-state index contributed by atoms with van der Waals surface area (Å²) in [6.45, 7) is 14.1. The summed E-state index contributed by atoms with van der Waals surface area (Å²) in [5.41, 5.74) is 5.45. The minimum Gasteiger partial charge on any atom is -0.497 e. The van der Waals surface area contributed by atoms with Crippen LogP contribution in [0.2, 0.25) is 0 Å². The lowest BCUT2D eigenvalue weighted by atomic mass is 9.81. The van der Waals surface area contributed by atoms with E-state index >= 15 is 0 Å². The number of hydrogen-bond acceptors (Lipinski definition) is 4. The number of carbonyl (C=O) groups is 1. The molecule has 0 spiro atoms. The van der Waals surface area contributed by atoms with Gasteiger partial charge in [-0.2, -0.15) is 5.26 Å². The van der Waals surface area contributed by atoms with Crippen molar-refractivity contribution in [3.63, 3.8) is 0 Å². The van der Waals surface area contributed by atoms with Crippen molar-refractivity contribution in [2.75, 3.05) is 7.11 Å². The van der Waals surface area contributed by atoms with E-state index in [-0.39, 0.29) is 16.9 Å². The van der Waals surface area contributed by atoms with E-state index in [1.54, 1.807) is 23.8 Å². The van der Waals surface area contributed by atoms with E-state index in [1.807, 2.05) is 36.4 Å². The zero-order valence-corrected chi connectivity index (χ0v) is 24.5. The zero-order valence-electron chi connectivity index (χ0n) is 24.5. The van der Waals surface area contributed by atoms with Crippen molar-refractivity contribution in [2.45, 2.75) is 79.3 Å². The van der Waals surface area contributed by atoms with Crippen LogP contribution in [-0.4, -0.2) is 23.1 Å². The second-order valence-electron chi connectivity index (χ2n) is 11.9. The van der Waals surface area contributed by atoms with Crippen LogP contribution in [0, 0.1) is 16.7 Å². The molecule has 0 radical (unpaired) electrons. The first-order chi connectivity index (χ1) is 18.4. The van der Waals surface area contributed by atoms with E-state index in [1.165, 1.54) is 6.92 Å². The highest BCUT2D eigenvalue weighted by Crippen LogP contribution is 2.42. The van der Waals surface area contributed by atoms with Crippen LogP contribution in [-0.2, 0) is 17.6 Å². The van der Waals surface area contributed by atoms with Gasteiger partial charge in [0, 0.05) is 24.1 Å². The summed E-state index contributed by atoms with van der Waals surface area (Å²) < 4.78 is 7.03. The van der Waals surface area contributed by atoms with Gasteiger partial charge in [-0.05, 0) is 72.9 Å². The molecular formula is C33H41N3O3. The summed E-state index contributed by atoms with van der Waals surface area (Å²) in [5.74, 6) is 0.668. The minimum atomic E-state index is -0.691. The van der Waals surface area contributed by atoms with Crippen molar-refractivity contribution in [1.82, 2.24) is 9.88 Å². The Morgan fingerprint density at radius 1 is 1.08 bits per heavy atom. The molecule has 1 aliphatic rings. The third kappa shape index (κ3) is 6.78. The molecule has 0 aliphatic carbocycles. The summed E-state index contributed by atoms with van der Waals surface area (Å²) in [5, 5.41) is 10.6. The summed E-state index contributed by atoms with van der Waals surface area (Å²) in [6, 6.07) is 18.7. The molecule has 4 rings (SSSR count). The summed E-state index contributed by atoms with van der Waals surface area (Å²) >= 11 is 0. The molecule has 206 valence electrons. The second kappa shape index (κ2) is 11.9. The maximum Gasteiger partial charge on any atom is 0.252 e. The van der Waals surface area contributed by atoms with Crippen LogP contribution >= 0.6 is 0 Å². The van der Waals surface area contributed by atoms with Crippen LogP contribution in [0.5, 0.6) is 5.75 Å². The van der Waals surface area contributed by atoms with Gasteiger partial charge in [-0.3, -0.25) is 14.2 Å². The Labute approximate surface area is 232 Å². The average molecular weight is 528 g/mol. The van der Waals surface area contributed by atoms with Crippen molar-refractivity contribution in [1.29, 1.82) is 5.26 Å². The van der Waals surface area contributed by atoms with Gasteiger partial charge in [-0.1, -0.05) is 64.1 Å². The lowest BCUT2D eigenvalue weighted by Crippen LogP contribution is -2.49. The molecular weight excluding hydrogens is 486 g/mol. The molecule has 0 saturated heterocycles. The van der Waals surface area contributed by atoms with Gasteiger partial charge in [0.15, 0.2) is 0 Å². The Kier molecular flexibility index (Phi) is 9.07. The summed E-state index contributed by atoms with van der Waals surface area (Å²) in [7, 11) is 1.66. The highest BCUT2D eigenvalue weighted by Gasteiger charge is 2.39. The number of aryl methyl sites for hydroxylation is 1. The SMILES string of the molecule is CC#N.CCc1cc(=O)n2c(c1Cc1ccc(OC)cc1)-c1ccccc1[C@@H]2C(=O)NC(C)(C)CC(C)(C)C. The van der Waals surface area contributed by atoms with Gasteiger partial charge in [-0.25, -0.2) is 0 Å². The molecule has 0 bridgehead atoms. The maximum absolute atomic E-state index is 13.8. The van der Waals surface area contributed by atoms with Crippen molar-refractivity contribution in [3.8, 4) is 23.1 Å². The number of ether oxygens (including phenoxy) is 1. The Bertz CT molecular complexity index is 1420. The van der Waals surface area contributed by atoms with Gasteiger partial charge >= 0.3 is 0 Å². The first-order valence-electron chi connectivity index (χ1n) is 13.5. The molecule has 1 aliphatic heterocycles. The highest BCUT2D eigenvalue weighted by atomic mass is 16.5. The van der Waals surface area contributed by atoms with Crippen molar-refractivity contribution in [3.05, 3.63) is 87.2 Å². The van der Waals surface area contributed by atoms with E-state index in [9.17, 15) is 9.59 Å². The predicted octanol–water partition coefficient (Wildman–Crippen LogP) is 6.44. The van der Waals surface area contributed by atoms with Crippen LogP contribution in [0.4, 0.5) is 0 Å². The molecule has 2 heterocycles. The van der Waals surface area contributed by atoms with Gasteiger partial charge in [0.1, 0.15) is 11.8 Å². The molecule has 1 amide bonds. The third-order valence-electron chi connectivity index (χ3n) is 6.82. The Balaban J connectivity index is 0.00000134. The molecule has 3 aromatic rings. The fourth-order valence-electron chi connectivity index (χ4n) is 5.84. The summed E-state index contributed by atoms with van der Waals surface area (Å²) in [4.78, 5) is 27.4. The third-order valence-corrected chi connectivity index (χ3v) is 6.82. The number of amides is 1. The summed E-state index contributed by atoms with van der Waals surface area (Å²) in [6.07, 6.45) is 2.23. The lowest BCUT2D eigenvalue weighted by Gasteiger charge is -2.34. The van der Waals surface area contributed by atoms with Gasteiger partial charge in [0.2, 0.25) is 5.91 Å². The normalized spacial score (nSPS) is 13.9. The number of methoxy groups -OCH3 is 1. The molecule has 6 nitrogen and oxygen atoms in total. The molecule has 0 saturated carbocycles. The Morgan fingerprint density at radius 2 is 1.69 bits per heavy atom. The van der Waals surface area contributed by atoms with E-state index < -0.39 is 11.6 Å². The Morgan fingerprint density at radius 3 is 2.26 bits per heavy atom. The molecule has 2 aromatic carbocycles. The van der Waals surface area contributed by atoms with Crippen molar-refractivity contribution < 1.29 is 9.53 Å². The predicted molar refractivity (Wildman–Crippen MR) is 157 cm³/mol. The smallest absolute Gasteiger partial charge is 0.252 e. The van der Waals surface area contributed by atoms with Crippen LogP contribution in [0.15, 0.2) is 59.4 Å². The van der Waals surface area contributed by atoms with Gasteiger partial charge in [0.05, 0.1) is 18.9 Å². The number of benzene rings is 2. The van der Waals surface area contributed by atoms with E-state index in [4.69, 9.17) is 10.00 Å². The van der Waals surface area contributed by atoms with E-state index in [2.05, 4.69) is 59.0 Å². The minimum absolute atomic E-state index is 0.0562. The van der Waals surface area contributed by atoms with E-state index in [0.29, 0.717) is 6.42 Å². The fraction of sp³-hybridized carbons (Fsp3) is 0.424. The number of nitriles is 1. The number of pyridine rings is 1. The first kappa shape index (κ1) is 29.7. The number of rotatable bonds is 7. The number of fused-ring (bicyclic) bond motifs is 3. The average Bonchev–Trinajstić information content (AvgIpc) is 3.21. The number of nitrogens with one attached hydrogen (secondary N) is 1. The zero-order chi connectivity index (χ0) is 29.0. The standard InChI is InChI=1S/C31H38N2O3.C2H3N/c1-8-21-18-26(34)33-27(25(21)17-20-13-15-22(36-7)16-14-20)23-11-9-10-12-24(23)28(33)29(35)32-31(5,6)19-30(2,3)4;1-2-3/h9-16,18,28H,8,17,19H2,1-7H3,(H,32,35);1H3/t28-;/m1./s1. The Hall–Kier alpha value is -3.85. The van der Waals surface area contributed by atoms with Crippen LogP contribution in [0.1, 0.15) is 83.2 Å². The largest absolute Gasteiger partial charge is 0.497 e. The molecule has 0 fully saturated rings. The van der Waals surface area contributed by atoms with E-state index in [0.717, 1.165) is 52.1 Å². The fourth-order valence-corrected chi connectivity index (χ4v) is 5.84. The molecule has 1 aromatic heterocycles. The van der Waals surface area contributed by atoms with Crippen LogP contribution in [0.3, 0.4) is 0 Å².